The second-order valence-electron chi connectivity index (χ2n) is 3.85. The number of aromatic nitrogens is 2. The molecule has 0 aliphatic carbocycles. The molecule has 1 aromatic rings. The van der Waals surface area contributed by atoms with Crippen molar-refractivity contribution in [3.63, 3.8) is 0 Å². The van der Waals surface area contributed by atoms with E-state index in [0.29, 0.717) is 10.7 Å². The summed E-state index contributed by atoms with van der Waals surface area (Å²) in [6, 6.07) is 0. The van der Waals surface area contributed by atoms with Gasteiger partial charge < -0.3 is 4.90 Å². The van der Waals surface area contributed by atoms with Gasteiger partial charge in [0.15, 0.2) is 0 Å². The molecule has 14 heavy (non-hydrogen) atoms. The molecule has 0 spiro atoms. The third-order valence-corrected chi connectivity index (χ3v) is 4.82. The molecule has 1 fully saturated rings. The first-order valence-electron chi connectivity index (χ1n) is 4.86. The van der Waals surface area contributed by atoms with E-state index >= 15 is 0 Å². The topological polar surface area (TPSA) is 29.0 Å². The van der Waals surface area contributed by atoms with Crippen molar-refractivity contribution >= 4 is 32.6 Å². The number of nitrogens with zero attached hydrogens (tertiary/aromatic N) is 3. The van der Waals surface area contributed by atoms with Crippen LogP contribution in [0.1, 0.15) is 19.2 Å². The van der Waals surface area contributed by atoms with Crippen LogP contribution in [0.25, 0.3) is 0 Å². The quantitative estimate of drug-likeness (QED) is 0.738. The Kier molecular flexibility index (Phi) is 3.07. The number of piperidine rings is 1. The van der Waals surface area contributed by atoms with Crippen molar-refractivity contribution in [3.05, 3.63) is 5.82 Å². The molecule has 0 N–H and O–H groups in total. The molecule has 5 heteroatoms. The summed E-state index contributed by atoms with van der Waals surface area (Å²) in [4.78, 5) is 7.41. The van der Waals surface area contributed by atoms with E-state index in [2.05, 4.69) is 37.1 Å². The van der Waals surface area contributed by atoms with Crippen LogP contribution in [-0.4, -0.2) is 27.3 Å². The summed E-state index contributed by atoms with van der Waals surface area (Å²) in [6.07, 6.45) is 1.19. The van der Waals surface area contributed by atoms with Crippen LogP contribution in [0.3, 0.4) is 0 Å². The number of hydrogen-bond donors (Lipinski definition) is 0. The summed E-state index contributed by atoms with van der Waals surface area (Å²) in [5, 5.41) is 1.08. The first-order valence-corrected chi connectivity index (χ1v) is 6.55. The fourth-order valence-corrected chi connectivity index (χ4v) is 2.79. The van der Waals surface area contributed by atoms with Gasteiger partial charge in [-0.3, -0.25) is 0 Å². The Bertz CT molecular complexity index is 315. The van der Waals surface area contributed by atoms with Crippen LogP contribution in [0.5, 0.6) is 0 Å². The fraction of sp³-hybridized carbons (Fsp3) is 0.778. The summed E-state index contributed by atoms with van der Waals surface area (Å²) in [5.41, 5.74) is 0. The average molecular weight is 276 g/mol. The Hall–Kier alpha value is -0.160. The average Bonchev–Trinajstić information content (AvgIpc) is 2.57. The molecular formula is C9H14BrN3S. The molecule has 0 aromatic carbocycles. The molecule has 78 valence electrons. The molecule has 0 amide bonds. The van der Waals surface area contributed by atoms with Crippen LogP contribution in [0, 0.1) is 12.8 Å². The van der Waals surface area contributed by atoms with Gasteiger partial charge in [0, 0.05) is 29.4 Å². The molecule has 1 aliphatic rings. The maximum Gasteiger partial charge on any atom is 0.205 e. The van der Waals surface area contributed by atoms with E-state index in [4.69, 9.17) is 0 Å². The fourth-order valence-electron chi connectivity index (χ4n) is 1.71. The highest BCUT2D eigenvalue weighted by Crippen LogP contribution is 2.28. The van der Waals surface area contributed by atoms with Crippen molar-refractivity contribution in [2.24, 2.45) is 5.92 Å². The lowest BCUT2D eigenvalue weighted by molar-refractivity contribution is 0.465. The monoisotopic (exact) mass is 275 g/mol. The smallest absolute Gasteiger partial charge is 0.205 e. The van der Waals surface area contributed by atoms with Crippen molar-refractivity contribution in [2.75, 3.05) is 18.0 Å². The molecule has 1 saturated heterocycles. The molecule has 3 nitrogen and oxygen atoms in total. The van der Waals surface area contributed by atoms with Gasteiger partial charge >= 0.3 is 0 Å². The molecular weight excluding hydrogens is 262 g/mol. The lowest BCUT2D eigenvalue weighted by Crippen LogP contribution is -2.39. The van der Waals surface area contributed by atoms with E-state index in [1.54, 1.807) is 0 Å². The molecule has 2 atom stereocenters. The standard InChI is InChI=1S/C9H14BrN3S/c1-6-5-13(4-3-8(6)10)9-11-7(2)12-14-9/h6,8H,3-5H2,1-2H3. The van der Waals surface area contributed by atoms with Crippen molar-refractivity contribution in [1.82, 2.24) is 9.36 Å². The van der Waals surface area contributed by atoms with Gasteiger partial charge in [-0.1, -0.05) is 22.9 Å². The molecule has 0 saturated carbocycles. The predicted molar refractivity (Wildman–Crippen MR) is 63.4 cm³/mol. The summed E-state index contributed by atoms with van der Waals surface area (Å²) in [5.74, 6) is 1.58. The lowest BCUT2D eigenvalue weighted by Gasteiger charge is -2.33. The van der Waals surface area contributed by atoms with Crippen LogP contribution >= 0.6 is 27.5 Å². The minimum Gasteiger partial charge on any atom is -0.347 e. The Morgan fingerprint density at radius 2 is 2.36 bits per heavy atom. The molecule has 0 bridgehead atoms. The van der Waals surface area contributed by atoms with Gasteiger partial charge in [-0.05, 0) is 19.3 Å². The highest BCUT2D eigenvalue weighted by Gasteiger charge is 2.25. The van der Waals surface area contributed by atoms with Gasteiger partial charge in [0.1, 0.15) is 5.82 Å². The van der Waals surface area contributed by atoms with Crippen molar-refractivity contribution in [3.8, 4) is 0 Å². The predicted octanol–water partition coefficient (Wildman–Crippen LogP) is 2.46. The zero-order chi connectivity index (χ0) is 10.1. The van der Waals surface area contributed by atoms with E-state index in [9.17, 15) is 0 Å². The zero-order valence-electron chi connectivity index (χ0n) is 8.40. The number of rotatable bonds is 1. The summed E-state index contributed by atoms with van der Waals surface area (Å²) < 4.78 is 4.21. The largest absolute Gasteiger partial charge is 0.347 e. The minimum atomic E-state index is 0.660. The minimum absolute atomic E-state index is 0.660. The molecule has 0 radical (unpaired) electrons. The third-order valence-electron chi connectivity index (χ3n) is 2.59. The van der Waals surface area contributed by atoms with Crippen molar-refractivity contribution in [1.29, 1.82) is 0 Å². The summed E-state index contributed by atoms with van der Waals surface area (Å²) in [6.45, 7) is 6.40. The lowest BCUT2D eigenvalue weighted by atomic mass is 10.0. The number of anilines is 1. The second kappa shape index (κ2) is 4.14. The molecule has 1 aliphatic heterocycles. The highest BCUT2D eigenvalue weighted by molar-refractivity contribution is 9.09. The van der Waals surface area contributed by atoms with E-state index < -0.39 is 0 Å². The molecule has 2 rings (SSSR count). The van der Waals surface area contributed by atoms with Gasteiger partial charge in [0.05, 0.1) is 0 Å². The Balaban J connectivity index is 2.06. The zero-order valence-corrected chi connectivity index (χ0v) is 10.8. The van der Waals surface area contributed by atoms with Gasteiger partial charge in [0.2, 0.25) is 5.13 Å². The number of halogens is 1. The van der Waals surface area contributed by atoms with Gasteiger partial charge in [-0.15, -0.1) is 0 Å². The highest BCUT2D eigenvalue weighted by atomic mass is 79.9. The first-order chi connectivity index (χ1) is 6.66. The van der Waals surface area contributed by atoms with Crippen LogP contribution in [0.15, 0.2) is 0 Å². The Morgan fingerprint density at radius 3 is 2.93 bits per heavy atom. The van der Waals surface area contributed by atoms with Gasteiger partial charge in [-0.25, -0.2) is 4.98 Å². The number of aryl methyl sites for hydroxylation is 1. The van der Waals surface area contributed by atoms with Crippen molar-refractivity contribution < 1.29 is 0 Å². The Labute approximate surface area is 96.8 Å². The normalized spacial score (nSPS) is 28.1. The van der Waals surface area contributed by atoms with Crippen molar-refractivity contribution in [2.45, 2.75) is 25.1 Å². The summed E-state index contributed by atoms with van der Waals surface area (Å²) >= 11 is 5.21. The van der Waals surface area contributed by atoms with Crippen LogP contribution < -0.4 is 4.90 Å². The van der Waals surface area contributed by atoms with Crippen LogP contribution in [0.2, 0.25) is 0 Å². The van der Waals surface area contributed by atoms with E-state index in [1.807, 2.05) is 6.92 Å². The second-order valence-corrected chi connectivity index (χ2v) is 5.76. The Morgan fingerprint density at radius 1 is 1.57 bits per heavy atom. The SMILES string of the molecule is Cc1nsc(N2CCC(Br)C(C)C2)n1. The van der Waals surface area contributed by atoms with E-state index in [1.165, 1.54) is 18.0 Å². The maximum absolute atomic E-state index is 4.41. The molecule has 1 aromatic heterocycles. The number of hydrogen-bond acceptors (Lipinski definition) is 4. The number of alkyl halides is 1. The molecule has 2 heterocycles. The van der Waals surface area contributed by atoms with E-state index in [-0.39, 0.29) is 0 Å². The first kappa shape index (κ1) is 10.4. The molecule has 2 unspecified atom stereocenters. The van der Waals surface area contributed by atoms with Gasteiger partial charge in [-0.2, -0.15) is 4.37 Å². The van der Waals surface area contributed by atoms with Gasteiger partial charge in [0.25, 0.3) is 0 Å². The maximum atomic E-state index is 4.41. The van der Waals surface area contributed by atoms with E-state index in [0.717, 1.165) is 24.0 Å². The van der Waals surface area contributed by atoms with Crippen LogP contribution in [0.4, 0.5) is 5.13 Å². The van der Waals surface area contributed by atoms with Crippen LogP contribution in [-0.2, 0) is 0 Å². The summed E-state index contributed by atoms with van der Waals surface area (Å²) in [7, 11) is 0. The third kappa shape index (κ3) is 2.08.